The van der Waals surface area contributed by atoms with Crippen molar-refractivity contribution in [3.8, 4) is 0 Å². The van der Waals surface area contributed by atoms with E-state index >= 15 is 0 Å². The summed E-state index contributed by atoms with van der Waals surface area (Å²) in [5, 5.41) is 17.9. The number of nitrogens with zero attached hydrogens (tertiary/aromatic N) is 1. The van der Waals surface area contributed by atoms with Crippen molar-refractivity contribution in [3.63, 3.8) is 0 Å². The summed E-state index contributed by atoms with van der Waals surface area (Å²) in [5.41, 5.74) is 1.63. The van der Waals surface area contributed by atoms with Crippen molar-refractivity contribution in [2.24, 2.45) is 0 Å². The zero-order valence-corrected chi connectivity index (χ0v) is 9.60. The number of hydrogen-bond donors (Lipinski definition) is 3. The standard InChI is InChI=1S/C12H11N3O3/c1-7-10(6-13-15-7)11(16)14-9-4-2-3-8(5-9)12(17)18/h2-6H,1H3,(H,13,15)(H,14,16)(H,17,18). The summed E-state index contributed by atoms with van der Waals surface area (Å²) in [4.78, 5) is 22.7. The number of nitrogens with one attached hydrogen (secondary N) is 2. The highest BCUT2D eigenvalue weighted by Crippen LogP contribution is 2.13. The third kappa shape index (κ3) is 2.37. The van der Waals surface area contributed by atoms with E-state index in [4.69, 9.17) is 5.11 Å². The number of aromatic carboxylic acids is 1. The van der Waals surface area contributed by atoms with Crippen LogP contribution >= 0.6 is 0 Å². The molecule has 0 atom stereocenters. The van der Waals surface area contributed by atoms with Gasteiger partial charge in [-0.3, -0.25) is 9.89 Å². The molecule has 92 valence electrons. The Kier molecular flexibility index (Phi) is 3.09. The molecule has 0 fully saturated rings. The van der Waals surface area contributed by atoms with Gasteiger partial charge in [0.05, 0.1) is 17.3 Å². The van der Waals surface area contributed by atoms with E-state index < -0.39 is 5.97 Å². The Morgan fingerprint density at radius 2 is 2.17 bits per heavy atom. The average molecular weight is 245 g/mol. The predicted molar refractivity (Wildman–Crippen MR) is 64.7 cm³/mol. The normalized spacial score (nSPS) is 10.1. The summed E-state index contributed by atoms with van der Waals surface area (Å²) < 4.78 is 0. The summed E-state index contributed by atoms with van der Waals surface area (Å²) in [5.74, 6) is -1.37. The van der Waals surface area contributed by atoms with Crippen molar-refractivity contribution in [1.29, 1.82) is 0 Å². The van der Waals surface area contributed by atoms with Crippen molar-refractivity contribution >= 4 is 17.6 Å². The Morgan fingerprint density at radius 1 is 1.39 bits per heavy atom. The number of carboxylic acid groups (broad SMARTS) is 1. The largest absolute Gasteiger partial charge is 0.478 e. The second-order valence-electron chi connectivity index (χ2n) is 3.75. The highest BCUT2D eigenvalue weighted by molar-refractivity contribution is 6.05. The number of aromatic amines is 1. The fourth-order valence-corrected chi connectivity index (χ4v) is 1.51. The van der Waals surface area contributed by atoms with Gasteiger partial charge in [-0.2, -0.15) is 5.10 Å². The molecule has 1 heterocycles. The number of carbonyl (C=O) groups is 2. The van der Waals surface area contributed by atoms with Crippen molar-refractivity contribution in [2.45, 2.75) is 6.92 Å². The first-order chi connectivity index (χ1) is 8.58. The molecular formula is C12H11N3O3. The molecule has 1 amide bonds. The molecule has 0 spiro atoms. The highest BCUT2D eigenvalue weighted by Gasteiger charge is 2.11. The Labute approximate surface area is 103 Å². The molecule has 18 heavy (non-hydrogen) atoms. The first kappa shape index (κ1) is 11.8. The van der Waals surface area contributed by atoms with Gasteiger partial charge in [0.15, 0.2) is 0 Å². The lowest BCUT2D eigenvalue weighted by Gasteiger charge is -2.05. The minimum atomic E-state index is -1.04. The van der Waals surface area contributed by atoms with Gasteiger partial charge in [-0.1, -0.05) is 6.07 Å². The number of anilines is 1. The van der Waals surface area contributed by atoms with Crippen molar-refractivity contribution < 1.29 is 14.7 Å². The van der Waals surface area contributed by atoms with E-state index in [2.05, 4.69) is 15.5 Å². The molecule has 2 rings (SSSR count). The molecule has 6 nitrogen and oxygen atoms in total. The van der Waals surface area contributed by atoms with Gasteiger partial charge in [0.1, 0.15) is 0 Å². The molecule has 1 aromatic carbocycles. The summed E-state index contributed by atoms with van der Waals surface area (Å²) >= 11 is 0. The van der Waals surface area contributed by atoms with E-state index in [0.29, 0.717) is 16.9 Å². The maximum atomic E-state index is 11.9. The van der Waals surface area contributed by atoms with Crippen LogP contribution in [0.1, 0.15) is 26.4 Å². The van der Waals surface area contributed by atoms with Crippen molar-refractivity contribution in [3.05, 3.63) is 47.3 Å². The van der Waals surface area contributed by atoms with Gasteiger partial charge in [0.25, 0.3) is 5.91 Å². The molecule has 6 heteroatoms. The fraction of sp³-hybridized carbons (Fsp3) is 0.0833. The molecule has 0 aliphatic carbocycles. The average Bonchev–Trinajstić information content (AvgIpc) is 2.76. The molecule has 2 aromatic rings. The van der Waals surface area contributed by atoms with Crippen LogP contribution in [0.3, 0.4) is 0 Å². The highest BCUT2D eigenvalue weighted by atomic mass is 16.4. The Balaban J connectivity index is 2.20. The number of hydrogen-bond acceptors (Lipinski definition) is 3. The maximum Gasteiger partial charge on any atom is 0.335 e. The number of H-pyrrole nitrogens is 1. The molecular weight excluding hydrogens is 234 g/mol. The zero-order valence-electron chi connectivity index (χ0n) is 9.60. The smallest absolute Gasteiger partial charge is 0.335 e. The molecule has 1 aromatic heterocycles. The number of aromatic nitrogens is 2. The molecule has 0 unspecified atom stereocenters. The lowest BCUT2D eigenvalue weighted by atomic mass is 10.2. The third-order valence-electron chi connectivity index (χ3n) is 2.44. The lowest BCUT2D eigenvalue weighted by Crippen LogP contribution is -2.12. The van der Waals surface area contributed by atoms with Crippen LogP contribution in [0.5, 0.6) is 0 Å². The van der Waals surface area contributed by atoms with Gasteiger partial charge >= 0.3 is 5.97 Å². The van der Waals surface area contributed by atoms with Crippen LogP contribution in [-0.2, 0) is 0 Å². The van der Waals surface area contributed by atoms with E-state index in [1.165, 1.54) is 18.3 Å². The van der Waals surface area contributed by atoms with Gasteiger partial charge < -0.3 is 10.4 Å². The number of rotatable bonds is 3. The van der Waals surface area contributed by atoms with E-state index in [9.17, 15) is 9.59 Å². The number of carbonyl (C=O) groups excluding carboxylic acids is 1. The predicted octanol–water partition coefficient (Wildman–Crippen LogP) is 1.67. The molecule has 0 saturated carbocycles. The van der Waals surface area contributed by atoms with E-state index in [-0.39, 0.29) is 11.5 Å². The van der Waals surface area contributed by atoms with Gasteiger partial charge in [-0.05, 0) is 25.1 Å². The van der Waals surface area contributed by atoms with Crippen LogP contribution in [0.4, 0.5) is 5.69 Å². The van der Waals surface area contributed by atoms with Crippen LogP contribution in [0, 0.1) is 6.92 Å². The number of carboxylic acids is 1. The Bertz CT molecular complexity index is 604. The van der Waals surface area contributed by atoms with Crippen LogP contribution in [0.15, 0.2) is 30.5 Å². The second-order valence-corrected chi connectivity index (χ2v) is 3.75. The van der Waals surface area contributed by atoms with Crippen LogP contribution in [-0.4, -0.2) is 27.2 Å². The van der Waals surface area contributed by atoms with E-state index in [1.807, 2.05) is 0 Å². The van der Waals surface area contributed by atoms with Crippen LogP contribution in [0.2, 0.25) is 0 Å². The van der Waals surface area contributed by atoms with E-state index in [1.54, 1.807) is 19.1 Å². The monoisotopic (exact) mass is 245 g/mol. The maximum absolute atomic E-state index is 11.9. The topological polar surface area (TPSA) is 95.1 Å². The Hall–Kier alpha value is -2.63. The quantitative estimate of drug-likeness (QED) is 0.766. The van der Waals surface area contributed by atoms with Crippen LogP contribution < -0.4 is 5.32 Å². The van der Waals surface area contributed by atoms with E-state index in [0.717, 1.165) is 0 Å². The summed E-state index contributed by atoms with van der Waals surface area (Å²) in [6.45, 7) is 1.73. The van der Waals surface area contributed by atoms with Crippen molar-refractivity contribution in [1.82, 2.24) is 10.2 Å². The number of aryl methyl sites for hydroxylation is 1. The van der Waals surface area contributed by atoms with Gasteiger partial charge in [-0.25, -0.2) is 4.79 Å². The first-order valence-electron chi connectivity index (χ1n) is 5.22. The third-order valence-corrected chi connectivity index (χ3v) is 2.44. The fourth-order valence-electron chi connectivity index (χ4n) is 1.51. The molecule has 0 aliphatic rings. The minimum Gasteiger partial charge on any atom is -0.478 e. The molecule has 0 radical (unpaired) electrons. The lowest BCUT2D eigenvalue weighted by molar-refractivity contribution is 0.0696. The molecule has 0 saturated heterocycles. The SMILES string of the molecule is Cc1[nH]ncc1C(=O)Nc1cccc(C(=O)O)c1. The number of benzene rings is 1. The van der Waals surface area contributed by atoms with Gasteiger partial charge in [-0.15, -0.1) is 0 Å². The summed E-state index contributed by atoms with van der Waals surface area (Å²) in [7, 11) is 0. The molecule has 3 N–H and O–H groups in total. The van der Waals surface area contributed by atoms with Crippen LogP contribution in [0.25, 0.3) is 0 Å². The van der Waals surface area contributed by atoms with Gasteiger partial charge in [0.2, 0.25) is 0 Å². The molecule has 0 aliphatic heterocycles. The van der Waals surface area contributed by atoms with Gasteiger partial charge in [0, 0.05) is 11.4 Å². The Morgan fingerprint density at radius 3 is 2.78 bits per heavy atom. The summed E-state index contributed by atoms with van der Waals surface area (Å²) in [6.07, 6.45) is 1.42. The first-order valence-corrected chi connectivity index (χ1v) is 5.22. The molecule has 0 bridgehead atoms. The zero-order chi connectivity index (χ0) is 13.1. The number of amides is 1. The summed E-state index contributed by atoms with van der Waals surface area (Å²) in [6, 6.07) is 6.05. The van der Waals surface area contributed by atoms with Crippen molar-refractivity contribution in [2.75, 3.05) is 5.32 Å². The second kappa shape index (κ2) is 4.70. The minimum absolute atomic E-state index is 0.122.